The molecule has 0 N–H and O–H groups in total. The van der Waals surface area contributed by atoms with Gasteiger partial charge >= 0.3 is 0 Å². The van der Waals surface area contributed by atoms with E-state index in [9.17, 15) is 4.79 Å². The van der Waals surface area contributed by atoms with E-state index in [0.29, 0.717) is 15.8 Å². The number of carbonyl (C=O) groups excluding carboxylic acids is 1. The van der Waals surface area contributed by atoms with Crippen LogP contribution in [0.2, 0.25) is 0 Å². The second-order valence-electron chi connectivity index (χ2n) is 3.60. The Morgan fingerprint density at radius 2 is 2.17 bits per heavy atom. The molecule has 0 saturated carbocycles. The zero-order chi connectivity index (χ0) is 13.1. The molecule has 2 nitrogen and oxygen atoms in total. The number of thiocarbonyl (C=S) groups is 1. The van der Waals surface area contributed by atoms with Gasteiger partial charge in [-0.2, -0.15) is 0 Å². The van der Waals surface area contributed by atoms with Gasteiger partial charge in [0.2, 0.25) is 0 Å². The highest BCUT2D eigenvalue weighted by Crippen LogP contribution is 2.33. The van der Waals surface area contributed by atoms with Gasteiger partial charge in [-0.25, -0.2) is 0 Å². The number of hydrogen-bond acceptors (Lipinski definition) is 3. The average molecular weight is 340 g/mol. The third-order valence-corrected chi connectivity index (χ3v) is 4.48. The summed E-state index contributed by atoms with van der Waals surface area (Å²) in [7, 11) is 0. The number of rotatable bonds is 3. The van der Waals surface area contributed by atoms with Gasteiger partial charge in [0.15, 0.2) is 0 Å². The predicted molar refractivity (Wildman–Crippen MR) is 84.2 cm³/mol. The summed E-state index contributed by atoms with van der Waals surface area (Å²) in [6.45, 7) is 4.08. The second kappa shape index (κ2) is 5.82. The van der Waals surface area contributed by atoms with Crippen molar-refractivity contribution in [3.8, 4) is 0 Å². The Hall–Kier alpha value is -0.910. The molecule has 2 rings (SSSR count). The number of carbonyl (C=O) groups is 1. The smallest absolute Gasteiger partial charge is 0.266 e. The van der Waals surface area contributed by atoms with E-state index in [1.807, 2.05) is 30.3 Å². The molecule has 1 aliphatic heterocycles. The van der Waals surface area contributed by atoms with Gasteiger partial charge in [-0.1, -0.05) is 64.2 Å². The van der Waals surface area contributed by atoms with Crippen molar-refractivity contribution in [3.05, 3.63) is 51.9 Å². The van der Waals surface area contributed by atoms with Crippen molar-refractivity contribution in [2.75, 3.05) is 6.54 Å². The van der Waals surface area contributed by atoms with Crippen LogP contribution in [0.15, 0.2) is 46.3 Å². The maximum Gasteiger partial charge on any atom is 0.266 e. The summed E-state index contributed by atoms with van der Waals surface area (Å²) < 4.78 is 1.54. The van der Waals surface area contributed by atoms with E-state index in [-0.39, 0.29) is 5.91 Å². The first-order chi connectivity index (χ1) is 8.63. The van der Waals surface area contributed by atoms with Gasteiger partial charge in [-0.05, 0) is 17.7 Å². The van der Waals surface area contributed by atoms with E-state index >= 15 is 0 Å². The monoisotopic (exact) mass is 339 g/mol. The SMILES string of the molecule is C=CCN1C(=O)/C(=C/c2ccccc2Br)SC1=S. The minimum atomic E-state index is -0.0550. The Balaban J connectivity index is 2.31. The van der Waals surface area contributed by atoms with Gasteiger partial charge in [0.05, 0.1) is 4.91 Å². The zero-order valence-corrected chi connectivity index (χ0v) is 12.6. The summed E-state index contributed by atoms with van der Waals surface area (Å²) in [6, 6.07) is 7.76. The summed E-state index contributed by atoms with van der Waals surface area (Å²) in [4.78, 5) is 14.3. The molecule has 0 bridgehead atoms. The lowest BCUT2D eigenvalue weighted by atomic mass is 10.2. The molecule has 18 heavy (non-hydrogen) atoms. The van der Waals surface area contributed by atoms with Gasteiger partial charge < -0.3 is 0 Å². The first-order valence-corrected chi connectivity index (χ1v) is 7.26. The van der Waals surface area contributed by atoms with Crippen molar-refractivity contribution < 1.29 is 4.79 Å². The minimum absolute atomic E-state index is 0.0550. The highest BCUT2D eigenvalue weighted by Gasteiger charge is 2.30. The van der Waals surface area contributed by atoms with Crippen LogP contribution in [0, 0.1) is 0 Å². The fourth-order valence-corrected chi connectivity index (χ4v) is 3.19. The Labute approximate surface area is 124 Å². The molecule has 0 aliphatic carbocycles. The van der Waals surface area contributed by atoms with Crippen molar-refractivity contribution in [2.45, 2.75) is 0 Å². The van der Waals surface area contributed by atoms with Crippen molar-refractivity contribution in [3.63, 3.8) is 0 Å². The Bertz CT molecular complexity index is 554. The van der Waals surface area contributed by atoms with Crippen LogP contribution in [0.1, 0.15) is 5.56 Å². The van der Waals surface area contributed by atoms with Gasteiger partial charge in [0, 0.05) is 11.0 Å². The molecule has 5 heteroatoms. The van der Waals surface area contributed by atoms with Crippen LogP contribution >= 0.6 is 39.9 Å². The highest BCUT2D eigenvalue weighted by molar-refractivity contribution is 9.10. The maximum absolute atomic E-state index is 12.1. The molecule has 0 radical (unpaired) electrons. The molecule has 1 fully saturated rings. The number of hydrogen-bond donors (Lipinski definition) is 0. The number of benzene rings is 1. The predicted octanol–water partition coefficient (Wildman–Crippen LogP) is 3.84. The summed E-state index contributed by atoms with van der Waals surface area (Å²) in [6.07, 6.45) is 3.53. The Morgan fingerprint density at radius 3 is 2.83 bits per heavy atom. The number of nitrogens with zero attached hydrogens (tertiary/aromatic N) is 1. The zero-order valence-electron chi connectivity index (χ0n) is 9.43. The van der Waals surface area contributed by atoms with Crippen molar-refractivity contribution in [1.82, 2.24) is 4.90 Å². The van der Waals surface area contributed by atoms with Crippen molar-refractivity contribution >= 4 is 56.2 Å². The molecule has 0 spiro atoms. The summed E-state index contributed by atoms with van der Waals surface area (Å²) in [5.74, 6) is -0.0550. The molecular weight excluding hydrogens is 330 g/mol. The average Bonchev–Trinajstić information content (AvgIpc) is 2.60. The van der Waals surface area contributed by atoms with E-state index < -0.39 is 0 Å². The topological polar surface area (TPSA) is 20.3 Å². The first-order valence-electron chi connectivity index (χ1n) is 5.24. The third-order valence-electron chi connectivity index (χ3n) is 2.38. The van der Waals surface area contributed by atoms with Gasteiger partial charge in [0.25, 0.3) is 5.91 Å². The van der Waals surface area contributed by atoms with Crippen molar-refractivity contribution in [2.24, 2.45) is 0 Å². The lowest BCUT2D eigenvalue weighted by Crippen LogP contribution is -2.27. The lowest BCUT2D eigenvalue weighted by molar-refractivity contribution is -0.121. The van der Waals surface area contributed by atoms with E-state index in [1.165, 1.54) is 11.8 Å². The largest absolute Gasteiger partial charge is 0.289 e. The Morgan fingerprint density at radius 1 is 1.44 bits per heavy atom. The number of thioether (sulfide) groups is 1. The Kier molecular flexibility index (Phi) is 4.37. The first kappa shape index (κ1) is 13.5. The third kappa shape index (κ3) is 2.74. The van der Waals surface area contributed by atoms with E-state index in [1.54, 1.807) is 11.0 Å². The normalized spacial score (nSPS) is 17.6. The maximum atomic E-state index is 12.1. The van der Waals surface area contributed by atoms with E-state index in [2.05, 4.69) is 22.5 Å². The standard InChI is InChI=1S/C13H10BrNOS2/c1-2-7-15-12(16)11(18-13(15)17)8-9-5-3-4-6-10(9)14/h2-6,8H,1,7H2/b11-8-. The molecule has 1 amide bonds. The fraction of sp³-hybridized carbons (Fsp3) is 0.0769. The highest BCUT2D eigenvalue weighted by atomic mass is 79.9. The molecule has 0 atom stereocenters. The van der Waals surface area contributed by atoms with Crippen LogP contribution in [-0.4, -0.2) is 21.7 Å². The lowest BCUT2D eigenvalue weighted by Gasteiger charge is -2.10. The fourth-order valence-electron chi connectivity index (χ4n) is 1.52. The van der Waals surface area contributed by atoms with Crippen molar-refractivity contribution in [1.29, 1.82) is 0 Å². The summed E-state index contributed by atoms with van der Waals surface area (Å²) in [5.41, 5.74) is 0.969. The molecule has 92 valence electrons. The molecule has 1 aromatic carbocycles. The minimum Gasteiger partial charge on any atom is -0.289 e. The number of halogens is 1. The van der Waals surface area contributed by atoms with Gasteiger partial charge in [-0.15, -0.1) is 6.58 Å². The van der Waals surface area contributed by atoms with E-state index in [0.717, 1.165) is 10.0 Å². The van der Waals surface area contributed by atoms with Crippen LogP contribution in [0.4, 0.5) is 0 Å². The second-order valence-corrected chi connectivity index (χ2v) is 6.13. The van der Waals surface area contributed by atoms with Gasteiger partial charge in [0.1, 0.15) is 4.32 Å². The van der Waals surface area contributed by atoms with Crippen LogP contribution in [0.3, 0.4) is 0 Å². The molecule has 1 aliphatic rings. The quantitative estimate of drug-likeness (QED) is 0.474. The molecule has 0 unspecified atom stereocenters. The van der Waals surface area contributed by atoms with Gasteiger partial charge in [-0.3, -0.25) is 9.69 Å². The van der Waals surface area contributed by atoms with Crippen LogP contribution in [-0.2, 0) is 4.79 Å². The molecule has 1 heterocycles. The molecule has 1 saturated heterocycles. The van der Waals surface area contributed by atoms with Crippen LogP contribution < -0.4 is 0 Å². The van der Waals surface area contributed by atoms with E-state index in [4.69, 9.17) is 12.2 Å². The van der Waals surface area contributed by atoms with Crippen LogP contribution in [0.25, 0.3) is 6.08 Å². The summed E-state index contributed by atoms with van der Waals surface area (Å²) >= 11 is 9.96. The summed E-state index contributed by atoms with van der Waals surface area (Å²) in [5, 5.41) is 0. The molecule has 0 aromatic heterocycles. The van der Waals surface area contributed by atoms with Crippen LogP contribution in [0.5, 0.6) is 0 Å². The molecular formula is C13H10BrNOS2. The number of amides is 1. The molecule has 1 aromatic rings.